The Hall–Kier alpha value is -4.73. The number of allylic oxidation sites excluding steroid dienone is 2. The van der Waals surface area contributed by atoms with Gasteiger partial charge in [0.2, 0.25) is 0 Å². The molecule has 1 aromatic heterocycles. The molecule has 0 aliphatic heterocycles. The van der Waals surface area contributed by atoms with Crippen LogP contribution in [0.15, 0.2) is 121 Å². The van der Waals surface area contributed by atoms with Gasteiger partial charge < -0.3 is 10.3 Å². The predicted molar refractivity (Wildman–Crippen MR) is 191 cm³/mol. The molecule has 214 valence electrons. The Bertz CT molecular complexity index is 2150. The maximum Gasteiger partial charge on any atom is 0.0541 e. The second kappa shape index (κ2) is 11.1. The van der Waals surface area contributed by atoms with Crippen LogP contribution in [-0.2, 0) is 25.0 Å². The lowest BCUT2D eigenvalue weighted by molar-refractivity contribution is 0.866. The molecule has 3 heteroatoms. The fourth-order valence-corrected chi connectivity index (χ4v) is 7.77. The van der Waals surface area contributed by atoms with Crippen LogP contribution in [-0.4, -0.2) is 4.57 Å². The summed E-state index contributed by atoms with van der Waals surface area (Å²) in [7, 11) is 0. The smallest absolute Gasteiger partial charge is 0.0541 e. The summed E-state index contributed by atoms with van der Waals surface area (Å²) in [5.74, 6) is 0.906. The predicted octanol–water partition coefficient (Wildman–Crippen LogP) is 10.6. The molecule has 0 bridgehead atoms. The molecule has 6 aromatic rings. The number of thioether (sulfide) groups is 1. The summed E-state index contributed by atoms with van der Waals surface area (Å²) >= 11 is 1.75. The zero-order valence-electron chi connectivity index (χ0n) is 24.7. The maximum absolute atomic E-state index is 6.77. The Morgan fingerprint density at radius 3 is 2.66 bits per heavy atom. The van der Waals surface area contributed by atoms with Crippen molar-refractivity contribution in [1.82, 2.24) is 4.57 Å². The van der Waals surface area contributed by atoms with E-state index in [0.29, 0.717) is 0 Å². The number of aryl methyl sites for hydroxylation is 2. The number of benzene rings is 5. The number of nitrogen functional groups attached to an aromatic ring is 1. The number of hydrogen-bond donors (Lipinski definition) is 1. The average Bonchev–Trinajstić information content (AvgIpc) is 3.43. The monoisotopic (exact) mass is 586 g/mol. The normalized spacial score (nSPS) is 13.7. The molecule has 0 saturated heterocycles. The van der Waals surface area contributed by atoms with E-state index in [1.54, 1.807) is 11.8 Å². The summed E-state index contributed by atoms with van der Waals surface area (Å²) in [6.45, 7) is 4.25. The second-order valence-corrected chi connectivity index (χ2v) is 12.9. The molecule has 0 fully saturated rings. The van der Waals surface area contributed by atoms with Crippen molar-refractivity contribution in [2.75, 3.05) is 5.73 Å². The van der Waals surface area contributed by atoms with Gasteiger partial charge in [-0.3, -0.25) is 0 Å². The van der Waals surface area contributed by atoms with Gasteiger partial charge in [0.1, 0.15) is 0 Å². The fraction of sp³-hybridized carbons (Fsp3) is 0.122. The van der Waals surface area contributed by atoms with Gasteiger partial charge in [0, 0.05) is 44.1 Å². The van der Waals surface area contributed by atoms with Gasteiger partial charge in [-0.15, -0.1) is 11.8 Å². The highest BCUT2D eigenvalue weighted by atomic mass is 32.2. The van der Waals surface area contributed by atoms with Gasteiger partial charge in [0.25, 0.3) is 0 Å². The SMILES string of the molecule is C=C(/C=C\c1ccc2cc(-n3c4c(c5c6c(ccc53)C=CCC6)-c3ccccc3CC4)ccc2c1N)SCc1ccccc1. The van der Waals surface area contributed by atoms with Crippen molar-refractivity contribution in [3.05, 3.63) is 154 Å². The minimum Gasteiger partial charge on any atom is -0.398 e. The van der Waals surface area contributed by atoms with Gasteiger partial charge >= 0.3 is 0 Å². The minimum atomic E-state index is 0.806. The average molecular weight is 587 g/mol. The highest BCUT2D eigenvalue weighted by molar-refractivity contribution is 8.02. The number of nitrogens with zero attached hydrogens (tertiary/aromatic N) is 1. The third-order valence-corrected chi connectivity index (χ3v) is 10.2. The number of fused-ring (bicyclic) bond motifs is 8. The largest absolute Gasteiger partial charge is 0.398 e. The topological polar surface area (TPSA) is 30.9 Å². The number of aromatic nitrogens is 1. The van der Waals surface area contributed by atoms with Gasteiger partial charge in [0.05, 0.1) is 5.52 Å². The first kappa shape index (κ1) is 26.9. The third kappa shape index (κ3) is 4.60. The molecule has 0 saturated carbocycles. The van der Waals surface area contributed by atoms with Crippen LogP contribution >= 0.6 is 11.8 Å². The molecule has 0 unspecified atom stereocenters. The number of rotatable bonds is 6. The summed E-state index contributed by atoms with van der Waals surface area (Å²) in [4.78, 5) is 1.02. The molecule has 0 spiro atoms. The fourth-order valence-electron chi connectivity index (χ4n) is 7.06. The van der Waals surface area contributed by atoms with E-state index in [2.05, 4.69) is 126 Å². The Morgan fingerprint density at radius 2 is 1.75 bits per heavy atom. The Labute approximate surface area is 263 Å². The van der Waals surface area contributed by atoms with Crippen LogP contribution in [0.1, 0.15) is 39.9 Å². The molecule has 5 aromatic carbocycles. The van der Waals surface area contributed by atoms with Crippen LogP contribution in [0.25, 0.3) is 50.6 Å². The molecule has 2 N–H and O–H groups in total. The van der Waals surface area contributed by atoms with Crippen LogP contribution in [0, 0.1) is 0 Å². The van der Waals surface area contributed by atoms with Crippen LogP contribution in [0.3, 0.4) is 0 Å². The molecular weight excluding hydrogens is 553 g/mol. The van der Waals surface area contributed by atoms with E-state index in [4.69, 9.17) is 5.73 Å². The van der Waals surface area contributed by atoms with Gasteiger partial charge in [-0.25, -0.2) is 0 Å². The molecular formula is C41H34N2S. The third-order valence-electron chi connectivity index (χ3n) is 9.21. The molecule has 1 heterocycles. The van der Waals surface area contributed by atoms with E-state index in [9.17, 15) is 0 Å². The van der Waals surface area contributed by atoms with E-state index in [0.717, 1.165) is 58.4 Å². The van der Waals surface area contributed by atoms with Crippen LogP contribution in [0.4, 0.5) is 5.69 Å². The first-order valence-corrected chi connectivity index (χ1v) is 16.4. The van der Waals surface area contributed by atoms with Gasteiger partial charge in [-0.1, -0.05) is 104 Å². The summed E-state index contributed by atoms with van der Waals surface area (Å²) < 4.78 is 2.52. The van der Waals surface area contributed by atoms with Crippen LogP contribution in [0.2, 0.25) is 0 Å². The lowest BCUT2D eigenvalue weighted by Crippen LogP contribution is -2.08. The van der Waals surface area contributed by atoms with E-state index in [1.807, 2.05) is 6.07 Å². The Morgan fingerprint density at radius 1 is 0.886 bits per heavy atom. The van der Waals surface area contributed by atoms with E-state index in [1.165, 1.54) is 55.7 Å². The molecule has 2 nitrogen and oxygen atoms in total. The van der Waals surface area contributed by atoms with E-state index in [-0.39, 0.29) is 0 Å². The Balaban J connectivity index is 1.18. The summed E-state index contributed by atoms with van der Waals surface area (Å²) in [6, 6.07) is 35.2. The van der Waals surface area contributed by atoms with Crippen molar-refractivity contribution in [1.29, 1.82) is 0 Å². The van der Waals surface area contributed by atoms with E-state index < -0.39 is 0 Å². The first-order chi connectivity index (χ1) is 21.7. The first-order valence-electron chi connectivity index (χ1n) is 15.5. The number of anilines is 1. The number of hydrogen-bond acceptors (Lipinski definition) is 2. The van der Waals surface area contributed by atoms with Crippen molar-refractivity contribution >= 4 is 51.3 Å². The lowest BCUT2D eigenvalue weighted by Gasteiger charge is -2.20. The summed E-state index contributed by atoms with van der Waals surface area (Å²) in [5.41, 5.74) is 20.9. The quantitative estimate of drug-likeness (QED) is 0.155. The van der Waals surface area contributed by atoms with Crippen molar-refractivity contribution in [2.24, 2.45) is 0 Å². The standard InChI is InChI=1S/C41H34N2S/c1-27(44-26-28-9-3-2-4-10-28)15-16-31-17-18-32-25-33(21-22-36(32)41(31)42)43-37-23-19-29-11-5-7-13-34(29)39(37)40-35-14-8-6-12-30(35)20-24-38(40)43/h2-7,9-13,15-18,20-22,24-25H,1,8,14,19,23,26,42H2/b16-15-. The van der Waals surface area contributed by atoms with E-state index >= 15 is 0 Å². The number of nitrogens with two attached hydrogens (primary N) is 1. The zero-order chi connectivity index (χ0) is 29.6. The molecule has 8 rings (SSSR count). The molecule has 0 radical (unpaired) electrons. The van der Waals surface area contributed by atoms with Crippen molar-refractivity contribution in [3.63, 3.8) is 0 Å². The lowest BCUT2D eigenvalue weighted by atomic mass is 9.85. The van der Waals surface area contributed by atoms with Crippen molar-refractivity contribution < 1.29 is 0 Å². The zero-order valence-corrected chi connectivity index (χ0v) is 25.5. The van der Waals surface area contributed by atoms with Gasteiger partial charge in [-0.05, 0) is 88.7 Å². The highest BCUT2D eigenvalue weighted by Gasteiger charge is 2.27. The second-order valence-electron chi connectivity index (χ2n) is 11.8. The van der Waals surface area contributed by atoms with Crippen LogP contribution in [0.5, 0.6) is 0 Å². The molecule has 2 aliphatic rings. The molecule has 0 amide bonds. The minimum absolute atomic E-state index is 0.806. The summed E-state index contributed by atoms with van der Waals surface area (Å²) in [5, 5.41) is 3.67. The molecule has 44 heavy (non-hydrogen) atoms. The molecule has 0 atom stereocenters. The van der Waals surface area contributed by atoms with Crippen molar-refractivity contribution in [3.8, 4) is 16.8 Å². The van der Waals surface area contributed by atoms with Crippen LogP contribution < -0.4 is 5.73 Å². The summed E-state index contributed by atoms with van der Waals surface area (Å²) in [6.07, 6.45) is 13.1. The van der Waals surface area contributed by atoms with Gasteiger partial charge in [0.15, 0.2) is 0 Å². The maximum atomic E-state index is 6.77. The van der Waals surface area contributed by atoms with Gasteiger partial charge in [-0.2, -0.15) is 0 Å². The Kier molecular flexibility index (Phi) is 6.76. The van der Waals surface area contributed by atoms with Crippen molar-refractivity contribution in [2.45, 2.75) is 31.4 Å². The highest BCUT2D eigenvalue weighted by Crippen LogP contribution is 2.45. The molecule has 2 aliphatic carbocycles.